The van der Waals surface area contributed by atoms with E-state index in [1.165, 1.54) is 0 Å². The zero-order chi connectivity index (χ0) is 19.2. The quantitative estimate of drug-likeness (QED) is 0.718. The van der Waals surface area contributed by atoms with Crippen molar-refractivity contribution in [2.45, 2.75) is 39.5 Å². The SMILES string of the molecule is CCOc1ccc([C@@H](C)NS(=O)(=O)Cc2cccc(C)c2)cc1OCC. The van der Waals surface area contributed by atoms with E-state index < -0.39 is 10.0 Å². The van der Waals surface area contributed by atoms with Crippen molar-refractivity contribution < 1.29 is 17.9 Å². The summed E-state index contributed by atoms with van der Waals surface area (Å²) in [5, 5.41) is 0. The van der Waals surface area contributed by atoms with Crippen LogP contribution in [-0.4, -0.2) is 21.6 Å². The van der Waals surface area contributed by atoms with Crippen LogP contribution in [0.4, 0.5) is 0 Å². The standard InChI is InChI=1S/C20H27NO4S/c1-5-24-19-11-10-18(13-20(19)25-6-2)16(4)21-26(22,23)14-17-9-7-8-15(3)12-17/h7-13,16,21H,5-6,14H2,1-4H3/t16-/m1/s1. The molecule has 0 bridgehead atoms. The van der Waals surface area contributed by atoms with Gasteiger partial charge in [0.25, 0.3) is 0 Å². The predicted molar refractivity (Wildman–Crippen MR) is 104 cm³/mol. The van der Waals surface area contributed by atoms with E-state index in [0.29, 0.717) is 24.7 Å². The molecule has 6 heteroatoms. The molecule has 0 spiro atoms. The molecule has 2 aromatic carbocycles. The van der Waals surface area contributed by atoms with Crippen molar-refractivity contribution in [3.8, 4) is 11.5 Å². The third-order valence-electron chi connectivity index (χ3n) is 3.86. The second kappa shape index (κ2) is 9.05. The zero-order valence-electron chi connectivity index (χ0n) is 15.8. The molecule has 0 aliphatic rings. The Kier molecular flexibility index (Phi) is 7.06. The largest absolute Gasteiger partial charge is 0.490 e. The van der Waals surface area contributed by atoms with Crippen LogP contribution < -0.4 is 14.2 Å². The first kappa shape index (κ1) is 20.3. The van der Waals surface area contributed by atoms with E-state index in [9.17, 15) is 8.42 Å². The van der Waals surface area contributed by atoms with Crippen LogP contribution in [0.1, 0.15) is 43.5 Å². The fourth-order valence-electron chi connectivity index (χ4n) is 2.74. The maximum Gasteiger partial charge on any atom is 0.216 e. The Morgan fingerprint density at radius 1 is 1.00 bits per heavy atom. The third kappa shape index (κ3) is 5.75. The molecule has 2 aromatic rings. The van der Waals surface area contributed by atoms with Gasteiger partial charge in [-0.2, -0.15) is 0 Å². The molecule has 0 heterocycles. The van der Waals surface area contributed by atoms with Gasteiger partial charge in [0, 0.05) is 6.04 Å². The molecule has 5 nitrogen and oxygen atoms in total. The molecule has 142 valence electrons. The van der Waals surface area contributed by atoms with Gasteiger partial charge < -0.3 is 9.47 Å². The number of hydrogen-bond donors (Lipinski definition) is 1. The highest BCUT2D eigenvalue weighted by atomic mass is 32.2. The number of hydrogen-bond acceptors (Lipinski definition) is 4. The summed E-state index contributed by atoms with van der Waals surface area (Å²) in [5.74, 6) is 1.23. The van der Waals surface area contributed by atoms with Gasteiger partial charge in [-0.15, -0.1) is 0 Å². The number of ether oxygens (including phenoxy) is 2. The van der Waals surface area contributed by atoms with Crippen LogP contribution in [0.3, 0.4) is 0 Å². The number of benzene rings is 2. The van der Waals surface area contributed by atoms with E-state index >= 15 is 0 Å². The molecule has 26 heavy (non-hydrogen) atoms. The second-order valence-electron chi connectivity index (χ2n) is 6.16. The Morgan fingerprint density at radius 2 is 1.69 bits per heavy atom. The molecule has 0 saturated heterocycles. The lowest BCUT2D eigenvalue weighted by atomic mass is 10.1. The van der Waals surface area contributed by atoms with Gasteiger partial charge in [0.2, 0.25) is 10.0 Å². The summed E-state index contributed by atoms with van der Waals surface area (Å²) in [6.45, 7) is 8.62. The number of nitrogens with one attached hydrogen (secondary N) is 1. The molecule has 1 N–H and O–H groups in total. The average Bonchev–Trinajstić information content (AvgIpc) is 2.56. The van der Waals surface area contributed by atoms with Gasteiger partial charge in [0.15, 0.2) is 11.5 Å². The van der Waals surface area contributed by atoms with Gasteiger partial charge in [0.1, 0.15) is 0 Å². The Bertz CT molecular complexity index is 833. The van der Waals surface area contributed by atoms with Crippen molar-refractivity contribution in [3.05, 3.63) is 59.2 Å². The van der Waals surface area contributed by atoms with Crippen LogP contribution in [0.15, 0.2) is 42.5 Å². The summed E-state index contributed by atoms with van der Waals surface area (Å²) in [7, 11) is -3.47. The average molecular weight is 378 g/mol. The Morgan fingerprint density at radius 3 is 2.35 bits per heavy atom. The Labute approximate surface area is 156 Å². The highest BCUT2D eigenvalue weighted by Crippen LogP contribution is 2.31. The van der Waals surface area contributed by atoms with Crippen molar-refractivity contribution in [2.75, 3.05) is 13.2 Å². The minimum atomic E-state index is -3.47. The van der Waals surface area contributed by atoms with E-state index in [-0.39, 0.29) is 11.8 Å². The molecule has 0 saturated carbocycles. The summed E-state index contributed by atoms with van der Waals surface area (Å²) in [6, 6.07) is 12.6. The Balaban J connectivity index is 2.15. The lowest BCUT2D eigenvalue weighted by molar-refractivity contribution is 0.287. The van der Waals surface area contributed by atoms with Crippen LogP contribution >= 0.6 is 0 Å². The van der Waals surface area contributed by atoms with Gasteiger partial charge in [-0.3, -0.25) is 0 Å². The van der Waals surface area contributed by atoms with Gasteiger partial charge in [-0.1, -0.05) is 35.9 Å². The van der Waals surface area contributed by atoms with Crippen LogP contribution in [-0.2, 0) is 15.8 Å². The summed E-state index contributed by atoms with van der Waals surface area (Å²) in [6.07, 6.45) is 0. The van der Waals surface area contributed by atoms with Gasteiger partial charge >= 0.3 is 0 Å². The van der Waals surface area contributed by atoms with Gasteiger partial charge in [-0.05, 0) is 51.0 Å². The molecular weight excluding hydrogens is 350 g/mol. The topological polar surface area (TPSA) is 64.6 Å². The fraction of sp³-hybridized carbons (Fsp3) is 0.400. The second-order valence-corrected chi connectivity index (χ2v) is 7.91. The minimum absolute atomic E-state index is 0.0473. The molecule has 0 aromatic heterocycles. The smallest absolute Gasteiger partial charge is 0.216 e. The number of rotatable bonds is 9. The highest BCUT2D eigenvalue weighted by Gasteiger charge is 2.18. The predicted octanol–water partition coefficient (Wildman–Crippen LogP) is 3.97. The zero-order valence-corrected chi connectivity index (χ0v) is 16.6. The van der Waals surface area contributed by atoms with Crippen LogP contribution in [0.2, 0.25) is 0 Å². The maximum absolute atomic E-state index is 12.5. The first-order chi connectivity index (χ1) is 12.3. The first-order valence-electron chi connectivity index (χ1n) is 8.79. The molecule has 0 amide bonds. The van der Waals surface area contributed by atoms with Crippen molar-refractivity contribution in [1.82, 2.24) is 4.72 Å². The van der Waals surface area contributed by atoms with E-state index in [1.54, 1.807) is 0 Å². The monoisotopic (exact) mass is 377 g/mol. The van der Waals surface area contributed by atoms with Crippen molar-refractivity contribution in [2.24, 2.45) is 0 Å². The summed E-state index contributed by atoms with van der Waals surface area (Å²) in [5.41, 5.74) is 2.63. The van der Waals surface area contributed by atoms with Crippen molar-refractivity contribution >= 4 is 10.0 Å². The molecule has 0 aliphatic carbocycles. The summed E-state index contributed by atoms with van der Waals surface area (Å²) in [4.78, 5) is 0. The fourth-order valence-corrected chi connectivity index (χ4v) is 4.11. The molecule has 2 rings (SSSR count). The highest BCUT2D eigenvalue weighted by molar-refractivity contribution is 7.88. The minimum Gasteiger partial charge on any atom is -0.490 e. The van der Waals surface area contributed by atoms with Crippen molar-refractivity contribution in [1.29, 1.82) is 0 Å². The van der Waals surface area contributed by atoms with E-state index in [1.807, 2.05) is 70.2 Å². The normalized spacial score (nSPS) is 12.6. The molecule has 0 unspecified atom stereocenters. The van der Waals surface area contributed by atoms with E-state index in [4.69, 9.17) is 9.47 Å². The first-order valence-corrected chi connectivity index (χ1v) is 10.4. The van der Waals surface area contributed by atoms with E-state index in [0.717, 1.165) is 16.7 Å². The Hall–Kier alpha value is -2.05. The van der Waals surface area contributed by atoms with Crippen LogP contribution in [0, 0.1) is 6.92 Å². The molecule has 0 radical (unpaired) electrons. The van der Waals surface area contributed by atoms with E-state index in [2.05, 4.69) is 4.72 Å². The van der Waals surface area contributed by atoms with Crippen LogP contribution in [0.5, 0.6) is 11.5 Å². The number of sulfonamides is 1. The van der Waals surface area contributed by atoms with Crippen LogP contribution in [0.25, 0.3) is 0 Å². The maximum atomic E-state index is 12.5. The molecular formula is C20H27NO4S. The van der Waals surface area contributed by atoms with Gasteiger partial charge in [0.05, 0.1) is 19.0 Å². The summed E-state index contributed by atoms with van der Waals surface area (Å²) >= 11 is 0. The van der Waals surface area contributed by atoms with Gasteiger partial charge in [-0.25, -0.2) is 13.1 Å². The summed E-state index contributed by atoms with van der Waals surface area (Å²) < 4.78 is 38.9. The molecule has 1 atom stereocenters. The molecule has 0 aliphatic heterocycles. The third-order valence-corrected chi connectivity index (χ3v) is 5.29. The van der Waals surface area contributed by atoms with Crippen molar-refractivity contribution in [3.63, 3.8) is 0 Å². The number of aryl methyl sites for hydroxylation is 1. The lowest BCUT2D eigenvalue weighted by Gasteiger charge is -2.17. The molecule has 0 fully saturated rings. The lowest BCUT2D eigenvalue weighted by Crippen LogP contribution is -2.28.